The second-order valence-electron chi connectivity index (χ2n) is 5.03. The molecular formula is C12H23ClN2O2. The fraction of sp³-hybridized carbons (Fsp3) is 0.917. The number of ether oxygens (including phenoxy) is 1. The Bertz CT molecular complexity index is 259. The van der Waals surface area contributed by atoms with Crippen LogP contribution in [0.4, 0.5) is 0 Å². The van der Waals surface area contributed by atoms with Crippen molar-refractivity contribution in [2.45, 2.75) is 57.2 Å². The van der Waals surface area contributed by atoms with Gasteiger partial charge in [0.15, 0.2) is 0 Å². The molecule has 0 radical (unpaired) electrons. The summed E-state index contributed by atoms with van der Waals surface area (Å²) in [6.07, 6.45) is 5.38. The molecule has 1 saturated carbocycles. The van der Waals surface area contributed by atoms with Crippen LogP contribution in [-0.4, -0.2) is 42.1 Å². The van der Waals surface area contributed by atoms with Crippen molar-refractivity contribution in [3.8, 4) is 0 Å². The number of rotatable bonds is 2. The lowest BCUT2D eigenvalue weighted by molar-refractivity contribution is -0.149. The average molecular weight is 263 g/mol. The first kappa shape index (κ1) is 14.7. The van der Waals surface area contributed by atoms with Gasteiger partial charge in [-0.05, 0) is 19.8 Å². The number of amides is 1. The molecule has 100 valence electrons. The van der Waals surface area contributed by atoms with E-state index in [2.05, 4.69) is 0 Å². The van der Waals surface area contributed by atoms with Gasteiger partial charge in [-0.15, -0.1) is 12.4 Å². The highest BCUT2D eigenvalue weighted by molar-refractivity contribution is 5.85. The smallest absolute Gasteiger partial charge is 0.224 e. The minimum atomic E-state index is -0.0441. The summed E-state index contributed by atoms with van der Waals surface area (Å²) >= 11 is 0. The molecule has 0 aromatic rings. The van der Waals surface area contributed by atoms with Gasteiger partial charge in [0.2, 0.25) is 5.91 Å². The van der Waals surface area contributed by atoms with E-state index in [-0.39, 0.29) is 30.5 Å². The largest absolute Gasteiger partial charge is 0.374 e. The maximum Gasteiger partial charge on any atom is 0.224 e. The first-order valence-electron chi connectivity index (χ1n) is 6.35. The van der Waals surface area contributed by atoms with Crippen molar-refractivity contribution in [2.24, 2.45) is 5.73 Å². The van der Waals surface area contributed by atoms with E-state index in [4.69, 9.17) is 10.5 Å². The SMILES string of the molecule is CC(N)CC(=O)N1CCOC2CCCCC21.Cl. The van der Waals surface area contributed by atoms with E-state index in [1.165, 1.54) is 12.8 Å². The molecule has 1 amide bonds. The van der Waals surface area contributed by atoms with Crippen LogP contribution in [0.3, 0.4) is 0 Å². The summed E-state index contributed by atoms with van der Waals surface area (Å²) in [4.78, 5) is 14.1. The Morgan fingerprint density at radius 2 is 2.18 bits per heavy atom. The number of morpholine rings is 1. The molecule has 0 aromatic heterocycles. The van der Waals surface area contributed by atoms with Crippen LogP contribution < -0.4 is 5.73 Å². The zero-order valence-corrected chi connectivity index (χ0v) is 11.2. The van der Waals surface area contributed by atoms with Crippen molar-refractivity contribution in [1.29, 1.82) is 0 Å². The third-order valence-electron chi connectivity index (χ3n) is 3.55. The van der Waals surface area contributed by atoms with Crippen molar-refractivity contribution in [3.05, 3.63) is 0 Å². The van der Waals surface area contributed by atoms with Crippen LogP contribution in [0.2, 0.25) is 0 Å². The Morgan fingerprint density at radius 1 is 1.47 bits per heavy atom. The summed E-state index contributed by atoms with van der Waals surface area (Å²) in [5.41, 5.74) is 5.69. The van der Waals surface area contributed by atoms with Crippen LogP contribution in [0.1, 0.15) is 39.0 Å². The molecule has 1 aliphatic heterocycles. The molecule has 3 atom stereocenters. The Morgan fingerprint density at radius 3 is 2.88 bits per heavy atom. The lowest BCUT2D eigenvalue weighted by atomic mass is 9.90. The molecule has 1 saturated heterocycles. The first-order chi connectivity index (χ1) is 7.68. The van der Waals surface area contributed by atoms with E-state index in [9.17, 15) is 4.79 Å². The number of hydrogen-bond donors (Lipinski definition) is 1. The predicted octanol–water partition coefficient (Wildman–Crippen LogP) is 1.32. The third kappa shape index (κ3) is 3.57. The Kier molecular flexibility index (Phi) is 5.70. The van der Waals surface area contributed by atoms with E-state index in [0.29, 0.717) is 19.1 Å². The zero-order valence-electron chi connectivity index (χ0n) is 10.4. The average Bonchev–Trinajstić information content (AvgIpc) is 2.27. The lowest BCUT2D eigenvalue weighted by Crippen LogP contribution is -2.55. The van der Waals surface area contributed by atoms with Gasteiger partial charge in [-0.3, -0.25) is 4.79 Å². The van der Waals surface area contributed by atoms with Crippen LogP contribution in [0.5, 0.6) is 0 Å². The number of carbonyl (C=O) groups is 1. The molecular weight excluding hydrogens is 240 g/mol. The molecule has 0 bridgehead atoms. The Labute approximate surface area is 109 Å². The van der Waals surface area contributed by atoms with E-state index in [1.807, 2.05) is 11.8 Å². The number of halogens is 1. The van der Waals surface area contributed by atoms with E-state index >= 15 is 0 Å². The standard InChI is InChI=1S/C12H22N2O2.ClH/c1-9(13)8-12(15)14-6-7-16-11-5-3-2-4-10(11)14;/h9-11H,2-8,13H2,1H3;1H. The van der Waals surface area contributed by atoms with Gasteiger partial charge in [0.25, 0.3) is 0 Å². The molecule has 2 N–H and O–H groups in total. The van der Waals surface area contributed by atoms with E-state index < -0.39 is 0 Å². The van der Waals surface area contributed by atoms with Crippen LogP contribution >= 0.6 is 12.4 Å². The van der Waals surface area contributed by atoms with Crippen molar-refractivity contribution in [1.82, 2.24) is 4.90 Å². The second-order valence-corrected chi connectivity index (χ2v) is 5.03. The Hall–Kier alpha value is -0.320. The topological polar surface area (TPSA) is 55.6 Å². The number of nitrogens with two attached hydrogens (primary N) is 1. The fourth-order valence-corrected chi connectivity index (χ4v) is 2.80. The molecule has 17 heavy (non-hydrogen) atoms. The summed E-state index contributed by atoms with van der Waals surface area (Å²) in [5, 5.41) is 0. The number of fused-ring (bicyclic) bond motifs is 1. The van der Waals surface area contributed by atoms with Gasteiger partial charge in [-0.1, -0.05) is 12.8 Å². The van der Waals surface area contributed by atoms with Crippen LogP contribution in [0.25, 0.3) is 0 Å². The summed E-state index contributed by atoms with van der Waals surface area (Å²) in [6, 6.07) is 0.270. The zero-order chi connectivity index (χ0) is 11.5. The molecule has 2 fully saturated rings. The Balaban J connectivity index is 0.00000144. The van der Waals surface area contributed by atoms with Gasteiger partial charge in [0.05, 0.1) is 18.8 Å². The van der Waals surface area contributed by atoms with E-state index in [1.54, 1.807) is 0 Å². The number of nitrogens with zero attached hydrogens (tertiary/aromatic N) is 1. The van der Waals surface area contributed by atoms with Crippen LogP contribution in [0.15, 0.2) is 0 Å². The molecule has 2 aliphatic rings. The van der Waals surface area contributed by atoms with Crippen LogP contribution in [0, 0.1) is 0 Å². The van der Waals surface area contributed by atoms with Crippen molar-refractivity contribution in [2.75, 3.05) is 13.2 Å². The quantitative estimate of drug-likeness (QED) is 0.817. The molecule has 3 unspecified atom stereocenters. The van der Waals surface area contributed by atoms with Crippen molar-refractivity contribution in [3.63, 3.8) is 0 Å². The van der Waals surface area contributed by atoms with Gasteiger partial charge in [-0.25, -0.2) is 0 Å². The molecule has 2 rings (SSSR count). The summed E-state index contributed by atoms with van der Waals surface area (Å²) in [7, 11) is 0. The monoisotopic (exact) mass is 262 g/mol. The first-order valence-corrected chi connectivity index (χ1v) is 6.35. The van der Waals surface area contributed by atoms with E-state index in [0.717, 1.165) is 19.4 Å². The predicted molar refractivity (Wildman–Crippen MR) is 69.2 cm³/mol. The number of carbonyl (C=O) groups excluding carboxylic acids is 1. The van der Waals surface area contributed by atoms with Gasteiger partial charge in [0, 0.05) is 19.0 Å². The third-order valence-corrected chi connectivity index (χ3v) is 3.55. The number of hydrogen-bond acceptors (Lipinski definition) is 3. The highest BCUT2D eigenvalue weighted by Gasteiger charge is 2.36. The lowest BCUT2D eigenvalue weighted by Gasteiger charge is -2.44. The molecule has 1 heterocycles. The van der Waals surface area contributed by atoms with Gasteiger partial charge in [-0.2, -0.15) is 0 Å². The minimum Gasteiger partial charge on any atom is -0.374 e. The normalized spacial score (nSPS) is 30.1. The van der Waals surface area contributed by atoms with Crippen molar-refractivity contribution >= 4 is 18.3 Å². The van der Waals surface area contributed by atoms with Gasteiger partial charge in [0.1, 0.15) is 0 Å². The summed E-state index contributed by atoms with van der Waals surface area (Å²) in [6.45, 7) is 3.31. The maximum absolute atomic E-state index is 12.1. The minimum absolute atomic E-state index is 0. The molecule has 0 aromatic carbocycles. The molecule has 1 aliphatic carbocycles. The van der Waals surface area contributed by atoms with Gasteiger partial charge >= 0.3 is 0 Å². The molecule has 0 spiro atoms. The van der Waals surface area contributed by atoms with Gasteiger partial charge < -0.3 is 15.4 Å². The van der Waals surface area contributed by atoms with Crippen molar-refractivity contribution < 1.29 is 9.53 Å². The molecule has 5 heteroatoms. The molecule has 4 nitrogen and oxygen atoms in total. The summed E-state index contributed by atoms with van der Waals surface area (Å²) < 4.78 is 5.74. The maximum atomic E-state index is 12.1. The fourth-order valence-electron chi connectivity index (χ4n) is 2.80. The second kappa shape index (κ2) is 6.57. The van der Waals surface area contributed by atoms with Crippen LogP contribution in [-0.2, 0) is 9.53 Å². The highest BCUT2D eigenvalue weighted by Crippen LogP contribution is 2.28. The highest BCUT2D eigenvalue weighted by atomic mass is 35.5. The summed E-state index contributed by atoms with van der Waals surface area (Å²) in [5.74, 6) is 0.204.